The molecule has 0 saturated carbocycles. The van der Waals surface area contributed by atoms with Gasteiger partial charge in [0.15, 0.2) is 0 Å². The van der Waals surface area contributed by atoms with E-state index in [1.165, 1.54) is 7.11 Å². The Labute approximate surface area is 187 Å². The van der Waals surface area contributed by atoms with Gasteiger partial charge in [0.05, 0.1) is 13.7 Å². The zero-order valence-corrected chi connectivity index (χ0v) is 17.9. The fourth-order valence-corrected chi connectivity index (χ4v) is 3.94. The first-order valence-corrected chi connectivity index (χ1v) is 10.5. The van der Waals surface area contributed by atoms with Gasteiger partial charge in [0.1, 0.15) is 12.6 Å². The third kappa shape index (κ3) is 4.95. The number of amides is 1. The zero-order chi connectivity index (χ0) is 22.3. The van der Waals surface area contributed by atoms with E-state index in [-0.39, 0.29) is 12.5 Å². The van der Waals surface area contributed by atoms with Crippen molar-refractivity contribution in [1.29, 1.82) is 0 Å². The van der Waals surface area contributed by atoms with Gasteiger partial charge in [-0.2, -0.15) is 0 Å². The number of esters is 1. The molecular weight excluding hydrogens is 402 g/mol. The number of hydrogen-bond donors (Lipinski definition) is 1. The second kappa shape index (κ2) is 10.1. The molecule has 0 aliphatic rings. The Bertz CT molecular complexity index is 1180. The van der Waals surface area contributed by atoms with Crippen molar-refractivity contribution in [2.24, 2.45) is 0 Å². The van der Waals surface area contributed by atoms with Crippen LogP contribution in [0.4, 0.5) is 0 Å². The Morgan fingerprint density at radius 3 is 2.06 bits per heavy atom. The van der Waals surface area contributed by atoms with E-state index in [2.05, 4.69) is 23.5 Å². The van der Waals surface area contributed by atoms with E-state index in [1.54, 1.807) is 0 Å². The van der Waals surface area contributed by atoms with Crippen LogP contribution in [0.15, 0.2) is 84.9 Å². The Kier molecular flexibility index (Phi) is 6.78. The average Bonchev–Trinajstić information content (AvgIpc) is 2.83. The number of carbonyl (C=O) groups excluding carboxylic acids is 2. The number of benzene rings is 4. The highest BCUT2D eigenvalue weighted by Gasteiger charge is 2.24. The highest BCUT2D eigenvalue weighted by atomic mass is 16.5. The predicted molar refractivity (Wildman–Crippen MR) is 125 cm³/mol. The SMILES string of the molecule is COC(=O)[C@@H](Cc1c2ccccc2cc2ccccc12)NC(=O)COCc1ccccc1. The van der Waals surface area contributed by atoms with Gasteiger partial charge in [-0.3, -0.25) is 4.79 Å². The molecule has 4 aromatic carbocycles. The average molecular weight is 428 g/mol. The molecule has 0 spiro atoms. The number of carbonyl (C=O) groups is 2. The summed E-state index contributed by atoms with van der Waals surface area (Å²) < 4.78 is 10.5. The zero-order valence-electron chi connectivity index (χ0n) is 17.9. The van der Waals surface area contributed by atoms with E-state index in [4.69, 9.17) is 9.47 Å². The van der Waals surface area contributed by atoms with Crippen LogP contribution in [0, 0.1) is 0 Å². The van der Waals surface area contributed by atoms with Gasteiger partial charge in [-0.05, 0) is 38.7 Å². The minimum atomic E-state index is -0.818. The molecule has 0 heterocycles. The molecule has 162 valence electrons. The van der Waals surface area contributed by atoms with Crippen LogP contribution < -0.4 is 5.32 Å². The number of ether oxygens (including phenoxy) is 2. The van der Waals surface area contributed by atoms with Gasteiger partial charge in [-0.25, -0.2) is 4.79 Å². The molecule has 0 unspecified atom stereocenters. The normalized spacial score (nSPS) is 11.9. The summed E-state index contributed by atoms with van der Waals surface area (Å²) in [4.78, 5) is 25.1. The second-order valence-corrected chi connectivity index (χ2v) is 7.62. The van der Waals surface area contributed by atoms with Gasteiger partial charge in [0.25, 0.3) is 0 Å². The third-order valence-electron chi connectivity index (χ3n) is 5.46. The lowest BCUT2D eigenvalue weighted by Gasteiger charge is -2.19. The monoisotopic (exact) mass is 427 g/mol. The molecule has 1 amide bonds. The largest absolute Gasteiger partial charge is 0.467 e. The van der Waals surface area contributed by atoms with Gasteiger partial charge in [0.2, 0.25) is 5.91 Å². The Balaban J connectivity index is 1.54. The maximum absolute atomic E-state index is 12.5. The van der Waals surface area contributed by atoms with Gasteiger partial charge in [0, 0.05) is 6.42 Å². The third-order valence-corrected chi connectivity index (χ3v) is 5.46. The molecule has 5 heteroatoms. The second-order valence-electron chi connectivity index (χ2n) is 7.62. The molecule has 4 aromatic rings. The van der Waals surface area contributed by atoms with Gasteiger partial charge in [-0.15, -0.1) is 0 Å². The van der Waals surface area contributed by atoms with Crippen molar-refractivity contribution >= 4 is 33.4 Å². The van der Waals surface area contributed by atoms with E-state index >= 15 is 0 Å². The lowest BCUT2D eigenvalue weighted by Crippen LogP contribution is -2.44. The fraction of sp³-hybridized carbons (Fsp3) is 0.185. The first-order chi connectivity index (χ1) is 15.7. The van der Waals surface area contributed by atoms with Crippen molar-refractivity contribution in [3.05, 3.63) is 96.1 Å². The van der Waals surface area contributed by atoms with Crippen LogP contribution >= 0.6 is 0 Å². The molecule has 0 saturated heterocycles. The van der Waals surface area contributed by atoms with Crippen LogP contribution in [0.2, 0.25) is 0 Å². The van der Waals surface area contributed by atoms with Crippen molar-refractivity contribution < 1.29 is 19.1 Å². The maximum Gasteiger partial charge on any atom is 0.328 e. The van der Waals surface area contributed by atoms with Crippen molar-refractivity contribution in [2.75, 3.05) is 13.7 Å². The summed E-state index contributed by atoms with van der Waals surface area (Å²) in [6.45, 7) is 0.184. The van der Waals surface area contributed by atoms with Crippen LogP contribution in [0.5, 0.6) is 0 Å². The molecule has 32 heavy (non-hydrogen) atoms. The minimum absolute atomic E-state index is 0.140. The van der Waals surface area contributed by atoms with Gasteiger partial charge in [-0.1, -0.05) is 78.9 Å². The molecule has 1 atom stereocenters. The molecule has 0 bridgehead atoms. The molecule has 4 rings (SSSR count). The summed E-state index contributed by atoms with van der Waals surface area (Å²) in [6.07, 6.45) is 0.318. The quantitative estimate of drug-likeness (QED) is 0.334. The van der Waals surface area contributed by atoms with Crippen molar-refractivity contribution in [3.8, 4) is 0 Å². The number of hydrogen-bond acceptors (Lipinski definition) is 4. The van der Waals surface area contributed by atoms with Crippen molar-refractivity contribution in [3.63, 3.8) is 0 Å². The topological polar surface area (TPSA) is 64.6 Å². The Morgan fingerprint density at radius 1 is 0.844 bits per heavy atom. The molecule has 0 aliphatic heterocycles. The van der Waals surface area contributed by atoms with Crippen LogP contribution in [-0.4, -0.2) is 31.6 Å². The van der Waals surface area contributed by atoms with Crippen molar-refractivity contribution in [1.82, 2.24) is 5.32 Å². The number of methoxy groups -OCH3 is 1. The molecule has 0 fully saturated rings. The van der Waals surface area contributed by atoms with Crippen LogP contribution in [-0.2, 0) is 32.1 Å². The summed E-state index contributed by atoms with van der Waals surface area (Å²) in [5, 5.41) is 7.07. The van der Waals surface area contributed by atoms with E-state index in [0.29, 0.717) is 13.0 Å². The summed E-state index contributed by atoms with van der Waals surface area (Å²) >= 11 is 0. The standard InChI is InChI=1S/C27H25NO4/c1-31-27(30)25(28-26(29)18-32-17-19-9-3-2-4-10-19)16-24-22-13-7-5-11-20(22)15-21-12-6-8-14-23(21)24/h2-15,25H,16-18H2,1H3,(H,28,29)/t25-/m1/s1. The minimum Gasteiger partial charge on any atom is -0.467 e. The number of nitrogens with one attached hydrogen (secondary N) is 1. The Hall–Kier alpha value is -3.70. The summed E-state index contributed by atoms with van der Waals surface area (Å²) in [5.41, 5.74) is 1.98. The fourth-order valence-electron chi connectivity index (χ4n) is 3.94. The van der Waals surface area contributed by atoms with Crippen molar-refractivity contribution in [2.45, 2.75) is 19.1 Å². The molecule has 0 radical (unpaired) electrons. The van der Waals surface area contributed by atoms with E-state index in [1.807, 2.05) is 66.7 Å². The first-order valence-electron chi connectivity index (χ1n) is 10.5. The van der Waals surface area contributed by atoms with Gasteiger partial charge >= 0.3 is 5.97 Å². The van der Waals surface area contributed by atoms with Crippen LogP contribution in [0.25, 0.3) is 21.5 Å². The molecule has 0 aromatic heterocycles. The molecular formula is C27H25NO4. The van der Waals surface area contributed by atoms with E-state index < -0.39 is 12.0 Å². The van der Waals surface area contributed by atoms with Crippen LogP contribution in [0.1, 0.15) is 11.1 Å². The molecule has 1 N–H and O–H groups in total. The summed E-state index contributed by atoms with van der Waals surface area (Å²) in [7, 11) is 1.33. The number of fused-ring (bicyclic) bond motifs is 2. The van der Waals surface area contributed by atoms with Crippen LogP contribution in [0.3, 0.4) is 0 Å². The number of rotatable bonds is 8. The first kappa shape index (κ1) is 21.5. The van der Waals surface area contributed by atoms with E-state index in [0.717, 1.165) is 32.7 Å². The summed E-state index contributed by atoms with van der Waals surface area (Å²) in [6, 6.07) is 27.0. The highest BCUT2D eigenvalue weighted by Crippen LogP contribution is 2.29. The molecule has 0 aliphatic carbocycles. The highest BCUT2D eigenvalue weighted by molar-refractivity contribution is 6.02. The van der Waals surface area contributed by atoms with Gasteiger partial charge < -0.3 is 14.8 Å². The smallest absolute Gasteiger partial charge is 0.328 e. The maximum atomic E-state index is 12.5. The molecule has 5 nitrogen and oxygen atoms in total. The lowest BCUT2D eigenvalue weighted by atomic mass is 9.92. The summed E-state index contributed by atoms with van der Waals surface area (Å²) in [5.74, 6) is -0.848. The van der Waals surface area contributed by atoms with E-state index in [9.17, 15) is 9.59 Å². The Morgan fingerprint density at radius 2 is 1.44 bits per heavy atom. The predicted octanol–water partition coefficient (Wildman–Crippen LogP) is 4.41. The lowest BCUT2D eigenvalue weighted by molar-refractivity contribution is -0.145.